The number of anilines is 1. The molecule has 2 N–H and O–H groups in total. The van der Waals surface area contributed by atoms with Crippen LogP contribution in [-0.2, 0) is 29.0 Å². The number of rotatable bonds is 9. The van der Waals surface area contributed by atoms with E-state index in [9.17, 15) is 9.59 Å². The zero-order chi connectivity index (χ0) is 26.1. The maximum atomic E-state index is 12.5. The number of hydrogen-bond donors (Lipinski definition) is 2. The molecule has 9 heteroatoms. The van der Waals surface area contributed by atoms with Crippen LogP contribution in [0.25, 0.3) is 0 Å². The van der Waals surface area contributed by atoms with Gasteiger partial charge >= 0.3 is 11.8 Å². The van der Waals surface area contributed by atoms with Crippen LogP contribution < -0.4 is 20.2 Å². The quantitative estimate of drug-likeness (QED) is 0.209. The number of carbonyl (C=O) groups excluding carboxylic acids is 2. The van der Waals surface area contributed by atoms with Gasteiger partial charge in [-0.05, 0) is 48.2 Å². The smallest absolute Gasteiger partial charge is 0.329 e. The van der Waals surface area contributed by atoms with Crippen LogP contribution in [-0.4, -0.2) is 25.1 Å². The van der Waals surface area contributed by atoms with E-state index in [0.29, 0.717) is 38.4 Å². The lowest BCUT2D eigenvalue weighted by Gasteiger charge is -2.14. The van der Waals surface area contributed by atoms with Crippen LogP contribution in [0, 0.1) is 0 Å². The lowest BCUT2D eigenvalue weighted by atomic mass is 10.0. The fourth-order valence-electron chi connectivity index (χ4n) is 3.55. The largest absolute Gasteiger partial charge is 0.493 e. The van der Waals surface area contributed by atoms with Gasteiger partial charge in [0.15, 0.2) is 11.5 Å². The number of carbonyl (C=O) groups is 2. The summed E-state index contributed by atoms with van der Waals surface area (Å²) < 4.78 is 11.4. The molecule has 0 aliphatic heterocycles. The van der Waals surface area contributed by atoms with E-state index in [4.69, 9.17) is 32.7 Å². The SMILES string of the molecule is CCc1cccc(CC)c1NC(=O)C(=O)N/N=C\c1cccc(OC)c1OCc1c(Cl)cccc1Cl. The van der Waals surface area contributed by atoms with Crippen LogP contribution in [0.4, 0.5) is 5.69 Å². The average Bonchev–Trinajstić information content (AvgIpc) is 2.88. The van der Waals surface area contributed by atoms with Gasteiger partial charge in [0.1, 0.15) is 6.61 Å². The molecule has 0 saturated heterocycles. The number of halogens is 2. The molecule has 0 radical (unpaired) electrons. The third kappa shape index (κ3) is 6.56. The summed E-state index contributed by atoms with van der Waals surface area (Å²) in [7, 11) is 1.51. The van der Waals surface area contributed by atoms with Crippen molar-refractivity contribution in [3.63, 3.8) is 0 Å². The zero-order valence-electron chi connectivity index (χ0n) is 20.2. The molecule has 0 bridgehead atoms. The van der Waals surface area contributed by atoms with Gasteiger partial charge in [-0.25, -0.2) is 5.43 Å². The molecule has 0 aliphatic rings. The summed E-state index contributed by atoms with van der Waals surface area (Å²) in [6.45, 7) is 4.07. The summed E-state index contributed by atoms with van der Waals surface area (Å²) in [4.78, 5) is 24.9. The number of nitrogens with zero attached hydrogens (tertiary/aromatic N) is 1. The molecule has 0 heterocycles. The van der Waals surface area contributed by atoms with E-state index in [1.54, 1.807) is 36.4 Å². The second kappa shape index (κ2) is 13.0. The van der Waals surface area contributed by atoms with Gasteiger partial charge in [-0.15, -0.1) is 0 Å². The fourth-order valence-corrected chi connectivity index (χ4v) is 4.06. The van der Waals surface area contributed by atoms with E-state index in [2.05, 4.69) is 15.8 Å². The summed E-state index contributed by atoms with van der Waals surface area (Å²) in [6.07, 6.45) is 2.82. The van der Waals surface area contributed by atoms with E-state index in [1.807, 2.05) is 32.0 Å². The van der Waals surface area contributed by atoms with Crippen LogP contribution >= 0.6 is 23.2 Å². The Morgan fingerprint density at radius 2 is 1.53 bits per heavy atom. The molecule has 0 atom stereocenters. The molecule has 0 unspecified atom stereocenters. The fraction of sp³-hybridized carbons (Fsp3) is 0.222. The number of hydrazone groups is 1. The monoisotopic (exact) mass is 527 g/mol. The van der Waals surface area contributed by atoms with Crippen molar-refractivity contribution in [3.8, 4) is 11.5 Å². The Hall–Kier alpha value is -3.55. The minimum atomic E-state index is -0.896. The molecule has 0 saturated carbocycles. The predicted molar refractivity (Wildman–Crippen MR) is 143 cm³/mol. The first-order valence-corrected chi connectivity index (χ1v) is 12.1. The van der Waals surface area contributed by atoms with Crippen molar-refractivity contribution < 1.29 is 19.1 Å². The van der Waals surface area contributed by atoms with Crippen molar-refractivity contribution in [2.45, 2.75) is 33.3 Å². The average molecular weight is 528 g/mol. The molecule has 2 amide bonds. The van der Waals surface area contributed by atoms with E-state index in [0.717, 1.165) is 24.0 Å². The van der Waals surface area contributed by atoms with Gasteiger partial charge in [-0.3, -0.25) is 9.59 Å². The molecular formula is C27H27Cl2N3O4. The van der Waals surface area contributed by atoms with Gasteiger partial charge in [-0.1, -0.05) is 67.4 Å². The van der Waals surface area contributed by atoms with Crippen LogP contribution in [0.5, 0.6) is 11.5 Å². The number of para-hydroxylation sites is 2. The minimum Gasteiger partial charge on any atom is -0.493 e. The molecule has 3 rings (SSSR count). The Balaban J connectivity index is 1.72. The molecule has 36 heavy (non-hydrogen) atoms. The van der Waals surface area contributed by atoms with Crippen molar-refractivity contribution >= 4 is 46.9 Å². The van der Waals surface area contributed by atoms with Gasteiger partial charge in [0.2, 0.25) is 0 Å². The normalized spacial score (nSPS) is 10.8. The van der Waals surface area contributed by atoms with Crippen molar-refractivity contribution in [2.24, 2.45) is 5.10 Å². The van der Waals surface area contributed by atoms with Crippen molar-refractivity contribution in [1.29, 1.82) is 0 Å². The van der Waals surface area contributed by atoms with Crippen LogP contribution in [0.2, 0.25) is 10.0 Å². The van der Waals surface area contributed by atoms with Crippen LogP contribution in [0.15, 0.2) is 59.7 Å². The van der Waals surface area contributed by atoms with Crippen molar-refractivity contribution in [3.05, 3.63) is 86.9 Å². The minimum absolute atomic E-state index is 0.0884. The van der Waals surface area contributed by atoms with Crippen molar-refractivity contribution in [1.82, 2.24) is 5.43 Å². The Morgan fingerprint density at radius 3 is 2.14 bits per heavy atom. The first kappa shape index (κ1) is 27.0. The van der Waals surface area contributed by atoms with Gasteiger partial charge in [-0.2, -0.15) is 5.10 Å². The van der Waals surface area contributed by atoms with E-state index >= 15 is 0 Å². The summed E-state index contributed by atoms with van der Waals surface area (Å²) >= 11 is 12.5. The molecule has 0 fully saturated rings. The number of amides is 2. The van der Waals surface area contributed by atoms with Gasteiger partial charge in [0.05, 0.1) is 13.3 Å². The molecule has 0 spiro atoms. The molecule has 0 aromatic heterocycles. The lowest BCUT2D eigenvalue weighted by molar-refractivity contribution is -0.136. The zero-order valence-corrected chi connectivity index (χ0v) is 21.7. The summed E-state index contributed by atoms with van der Waals surface area (Å²) in [5.41, 5.74) is 5.97. The first-order valence-electron chi connectivity index (χ1n) is 11.4. The Labute approximate surface area is 220 Å². The second-order valence-corrected chi connectivity index (χ2v) is 8.49. The number of aryl methyl sites for hydroxylation is 2. The highest BCUT2D eigenvalue weighted by Crippen LogP contribution is 2.33. The van der Waals surface area contributed by atoms with Crippen LogP contribution in [0.1, 0.15) is 36.1 Å². The standard InChI is InChI=1S/C27H27Cl2N3O4/c1-4-17-9-6-10-18(5-2)24(17)31-26(33)27(34)32-30-15-19-11-7-14-23(35-3)25(19)36-16-20-21(28)12-8-13-22(20)29/h6-15H,4-5,16H2,1-3H3,(H,31,33)(H,32,34)/b30-15-. The molecule has 7 nitrogen and oxygen atoms in total. The topological polar surface area (TPSA) is 89.0 Å². The number of ether oxygens (including phenoxy) is 2. The third-order valence-corrected chi connectivity index (χ3v) is 6.17. The van der Waals surface area contributed by atoms with E-state index < -0.39 is 11.8 Å². The molecule has 3 aromatic rings. The maximum Gasteiger partial charge on any atom is 0.329 e. The third-order valence-electron chi connectivity index (χ3n) is 5.47. The maximum absolute atomic E-state index is 12.5. The molecule has 188 valence electrons. The number of methoxy groups -OCH3 is 1. The highest BCUT2D eigenvalue weighted by Gasteiger charge is 2.17. The number of nitrogens with one attached hydrogen (secondary N) is 2. The number of hydrogen-bond acceptors (Lipinski definition) is 5. The van der Waals surface area contributed by atoms with Gasteiger partial charge in [0, 0.05) is 26.9 Å². The second-order valence-electron chi connectivity index (χ2n) is 7.68. The molecule has 0 aliphatic carbocycles. The lowest BCUT2D eigenvalue weighted by Crippen LogP contribution is -2.33. The van der Waals surface area contributed by atoms with Crippen LogP contribution in [0.3, 0.4) is 0 Å². The van der Waals surface area contributed by atoms with Crippen molar-refractivity contribution in [2.75, 3.05) is 12.4 Å². The Morgan fingerprint density at radius 1 is 0.917 bits per heavy atom. The van der Waals surface area contributed by atoms with Gasteiger partial charge < -0.3 is 14.8 Å². The summed E-state index contributed by atoms with van der Waals surface area (Å²) in [5, 5.41) is 7.60. The molecule has 3 aromatic carbocycles. The summed E-state index contributed by atoms with van der Waals surface area (Å²) in [5.74, 6) is -0.872. The number of benzene rings is 3. The highest BCUT2D eigenvalue weighted by atomic mass is 35.5. The predicted octanol–water partition coefficient (Wildman–Crippen LogP) is 5.79. The Kier molecular flexibility index (Phi) is 9.73. The van der Waals surface area contributed by atoms with E-state index in [-0.39, 0.29) is 6.61 Å². The van der Waals surface area contributed by atoms with Gasteiger partial charge in [0.25, 0.3) is 0 Å². The summed E-state index contributed by atoms with van der Waals surface area (Å²) in [6, 6.07) is 16.2. The van der Waals surface area contributed by atoms with E-state index in [1.165, 1.54) is 13.3 Å². The highest BCUT2D eigenvalue weighted by molar-refractivity contribution is 6.39. The first-order chi connectivity index (χ1) is 17.4. The molecular weight excluding hydrogens is 501 g/mol. The Bertz CT molecular complexity index is 1240.